The van der Waals surface area contributed by atoms with E-state index in [1.54, 1.807) is 6.92 Å². The number of anilines is 2. The zero-order valence-corrected chi connectivity index (χ0v) is 16.5. The Morgan fingerprint density at radius 3 is 2.58 bits per heavy atom. The van der Waals surface area contributed by atoms with Crippen molar-refractivity contribution < 1.29 is 27.6 Å². The van der Waals surface area contributed by atoms with Gasteiger partial charge < -0.3 is 20.9 Å². The molecule has 1 saturated heterocycles. The number of hydrogen-bond donors (Lipinski definition) is 3. The highest BCUT2D eigenvalue weighted by atomic mass is 19.4. The first-order valence-corrected chi connectivity index (χ1v) is 9.61. The molecule has 0 aromatic carbocycles. The van der Waals surface area contributed by atoms with E-state index in [0.717, 1.165) is 4.90 Å². The molecule has 10 nitrogen and oxygen atoms in total. The first-order valence-electron chi connectivity index (χ1n) is 9.61. The van der Waals surface area contributed by atoms with Crippen LogP contribution in [0.1, 0.15) is 19.8 Å². The summed E-state index contributed by atoms with van der Waals surface area (Å²) in [6, 6.07) is -0.657. The molecule has 2 aromatic rings. The summed E-state index contributed by atoms with van der Waals surface area (Å²) in [5.74, 6) is -2.56. The van der Waals surface area contributed by atoms with E-state index in [1.807, 2.05) is 0 Å². The molecule has 3 heterocycles. The highest BCUT2D eigenvalue weighted by molar-refractivity contribution is 6.40. The van der Waals surface area contributed by atoms with Crippen LogP contribution < -0.4 is 11.1 Å². The average Bonchev–Trinajstić information content (AvgIpc) is 3.39. The lowest BCUT2D eigenvalue weighted by Crippen LogP contribution is -2.59. The third-order valence-electron chi connectivity index (χ3n) is 5.84. The molecule has 166 valence electrons. The van der Waals surface area contributed by atoms with Crippen LogP contribution in [0.5, 0.6) is 0 Å². The normalized spacial score (nSPS) is 20.6. The topological polar surface area (TPSA) is 137 Å². The van der Waals surface area contributed by atoms with Crippen molar-refractivity contribution in [3.8, 4) is 0 Å². The Balaban J connectivity index is 1.41. The van der Waals surface area contributed by atoms with Gasteiger partial charge in [0.25, 0.3) is 0 Å². The van der Waals surface area contributed by atoms with E-state index in [4.69, 9.17) is 5.73 Å². The number of nitrogens with zero attached hydrogens (tertiary/aromatic N) is 4. The number of carbonyl (C=O) groups excluding carboxylic acids is 3. The largest absolute Gasteiger partial charge is 0.403 e. The summed E-state index contributed by atoms with van der Waals surface area (Å²) in [6.07, 6.45) is -2.32. The highest BCUT2D eigenvalue weighted by Crippen LogP contribution is 2.58. The van der Waals surface area contributed by atoms with E-state index in [9.17, 15) is 27.6 Å². The summed E-state index contributed by atoms with van der Waals surface area (Å²) < 4.78 is 39.8. The molecule has 2 aromatic heterocycles. The second kappa shape index (κ2) is 7.10. The predicted octanol–water partition coefficient (Wildman–Crippen LogP) is 0.880. The van der Waals surface area contributed by atoms with Crippen LogP contribution in [0.2, 0.25) is 0 Å². The fourth-order valence-corrected chi connectivity index (χ4v) is 3.83. The summed E-state index contributed by atoms with van der Waals surface area (Å²) >= 11 is 0. The zero-order chi connectivity index (χ0) is 22.6. The number of rotatable bonds is 2. The second-order valence-electron chi connectivity index (χ2n) is 7.85. The van der Waals surface area contributed by atoms with Gasteiger partial charge in [0.05, 0.1) is 29.0 Å². The van der Waals surface area contributed by atoms with Crippen molar-refractivity contribution in [3.63, 3.8) is 0 Å². The summed E-state index contributed by atoms with van der Waals surface area (Å²) in [6.45, 7) is 1.38. The van der Waals surface area contributed by atoms with Crippen LogP contribution in [0.15, 0.2) is 12.4 Å². The number of aromatic amines is 1. The Morgan fingerprint density at radius 1 is 1.26 bits per heavy atom. The van der Waals surface area contributed by atoms with Gasteiger partial charge in [-0.15, -0.1) is 0 Å². The molecule has 1 aliphatic heterocycles. The first kappa shape index (κ1) is 20.9. The van der Waals surface area contributed by atoms with Gasteiger partial charge in [0, 0.05) is 25.7 Å². The van der Waals surface area contributed by atoms with Crippen molar-refractivity contribution in [1.29, 1.82) is 0 Å². The van der Waals surface area contributed by atoms with E-state index in [-0.39, 0.29) is 44.0 Å². The Morgan fingerprint density at radius 2 is 1.97 bits per heavy atom. The van der Waals surface area contributed by atoms with Crippen molar-refractivity contribution >= 4 is 40.1 Å². The fraction of sp³-hybridized carbons (Fsp3) is 0.500. The molecule has 4 rings (SSSR count). The van der Waals surface area contributed by atoms with Gasteiger partial charge in [-0.1, -0.05) is 0 Å². The van der Waals surface area contributed by atoms with Crippen LogP contribution in [0.4, 0.5) is 24.7 Å². The van der Waals surface area contributed by atoms with E-state index in [0.29, 0.717) is 10.9 Å². The van der Waals surface area contributed by atoms with Crippen LogP contribution >= 0.6 is 0 Å². The lowest BCUT2D eigenvalue weighted by atomic mass is 10.0. The minimum atomic E-state index is -4.60. The minimum absolute atomic E-state index is 0.0459. The highest BCUT2D eigenvalue weighted by Gasteiger charge is 2.69. The van der Waals surface area contributed by atoms with Crippen molar-refractivity contribution in [2.75, 3.05) is 30.7 Å². The van der Waals surface area contributed by atoms with E-state index in [2.05, 4.69) is 20.5 Å². The van der Waals surface area contributed by atoms with Gasteiger partial charge in [0.2, 0.25) is 5.91 Å². The van der Waals surface area contributed by atoms with Gasteiger partial charge in [-0.05, 0) is 19.8 Å². The number of H-pyrrole nitrogens is 1. The summed E-state index contributed by atoms with van der Waals surface area (Å²) in [7, 11) is 0. The number of pyridine rings is 1. The van der Waals surface area contributed by atoms with Crippen molar-refractivity contribution in [1.82, 2.24) is 25.0 Å². The average molecular weight is 439 g/mol. The van der Waals surface area contributed by atoms with Crippen molar-refractivity contribution in [2.24, 2.45) is 5.41 Å². The molecule has 2 fully saturated rings. The molecule has 2 aliphatic rings. The molecule has 31 heavy (non-hydrogen) atoms. The van der Waals surface area contributed by atoms with Crippen LogP contribution in [0, 0.1) is 5.41 Å². The number of nitrogen functional groups attached to an aromatic ring is 1. The van der Waals surface area contributed by atoms with E-state index >= 15 is 0 Å². The van der Waals surface area contributed by atoms with Gasteiger partial charge in [-0.25, -0.2) is 4.98 Å². The molecule has 0 radical (unpaired) electrons. The SMILES string of the molecule is CC1CN(C(=O)C(=O)Nc2cnc(N)c3cn[nH]c23)CCN1C(=O)C1(C(F)(F)F)CC1. The molecule has 1 atom stereocenters. The number of nitrogens with two attached hydrogens (primary N) is 1. The Kier molecular flexibility index (Phi) is 4.78. The molecule has 1 saturated carbocycles. The zero-order valence-electron chi connectivity index (χ0n) is 16.5. The molecule has 1 unspecified atom stereocenters. The Hall–Kier alpha value is -3.38. The summed E-state index contributed by atoms with van der Waals surface area (Å²) in [4.78, 5) is 43.9. The molecule has 4 N–H and O–H groups in total. The van der Waals surface area contributed by atoms with Crippen LogP contribution in [-0.4, -0.2) is 74.6 Å². The van der Waals surface area contributed by atoms with Crippen molar-refractivity contribution in [2.45, 2.75) is 32.0 Å². The smallest absolute Gasteiger partial charge is 0.383 e. The molecule has 1 aliphatic carbocycles. The van der Waals surface area contributed by atoms with E-state index < -0.39 is 35.4 Å². The quantitative estimate of drug-likeness (QED) is 0.594. The lowest BCUT2D eigenvalue weighted by molar-refractivity contribution is -0.201. The second-order valence-corrected chi connectivity index (χ2v) is 7.85. The number of halogens is 3. The third-order valence-corrected chi connectivity index (χ3v) is 5.84. The molecule has 0 bridgehead atoms. The number of amides is 3. The molecule has 13 heteroatoms. The molecule has 0 spiro atoms. The number of hydrogen-bond acceptors (Lipinski definition) is 6. The number of carbonyl (C=O) groups is 3. The van der Waals surface area contributed by atoms with E-state index in [1.165, 1.54) is 17.3 Å². The van der Waals surface area contributed by atoms with Crippen LogP contribution in [0.25, 0.3) is 10.9 Å². The number of alkyl halides is 3. The first-order chi connectivity index (χ1) is 14.5. The standard InChI is InChI=1S/C18H20F3N7O3/c1-9-8-27(4-5-28(9)16(31)17(2-3-17)18(19,20)21)15(30)14(29)25-11-7-23-13(22)10-6-24-26-12(10)11/h6-7,9H,2-5,8H2,1H3,(H2,22,23)(H,24,26)(H,25,29). The fourth-order valence-electron chi connectivity index (χ4n) is 3.83. The Bertz CT molecular complexity index is 1060. The maximum Gasteiger partial charge on any atom is 0.403 e. The van der Waals surface area contributed by atoms with Crippen LogP contribution in [0.3, 0.4) is 0 Å². The summed E-state index contributed by atoms with van der Waals surface area (Å²) in [5, 5.41) is 9.42. The minimum Gasteiger partial charge on any atom is -0.383 e. The molecular weight excluding hydrogens is 419 g/mol. The third kappa shape index (κ3) is 3.43. The number of piperazine rings is 1. The summed E-state index contributed by atoms with van der Waals surface area (Å²) in [5.41, 5.74) is 4.04. The maximum absolute atomic E-state index is 13.3. The lowest BCUT2D eigenvalue weighted by Gasteiger charge is -2.41. The van der Waals surface area contributed by atoms with Gasteiger partial charge in [0.15, 0.2) is 0 Å². The maximum atomic E-state index is 13.3. The Labute approximate surface area is 173 Å². The van der Waals surface area contributed by atoms with Gasteiger partial charge in [-0.3, -0.25) is 19.5 Å². The number of fused-ring (bicyclic) bond motifs is 1. The molecular formula is C18H20F3N7O3. The van der Waals surface area contributed by atoms with Gasteiger partial charge in [-0.2, -0.15) is 18.3 Å². The van der Waals surface area contributed by atoms with Gasteiger partial charge >= 0.3 is 18.0 Å². The van der Waals surface area contributed by atoms with Crippen LogP contribution in [-0.2, 0) is 14.4 Å². The number of nitrogens with one attached hydrogen (secondary N) is 2. The number of aromatic nitrogens is 3. The monoisotopic (exact) mass is 439 g/mol. The predicted molar refractivity (Wildman–Crippen MR) is 102 cm³/mol. The molecule has 3 amide bonds. The van der Waals surface area contributed by atoms with Crippen molar-refractivity contribution in [3.05, 3.63) is 12.4 Å². The van der Waals surface area contributed by atoms with Gasteiger partial charge in [0.1, 0.15) is 11.2 Å².